The van der Waals surface area contributed by atoms with Gasteiger partial charge in [0.1, 0.15) is 12.4 Å². The second kappa shape index (κ2) is 12.4. The van der Waals surface area contributed by atoms with Crippen molar-refractivity contribution in [2.75, 3.05) is 31.5 Å². The number of ether oxygens (including phenoxy) is 1. The van der Waals surface area contributed by atoms with Crippen LogP contribution in [0.3, 0.4) is 0 Å². The number of aliphatic carboxylic acids is 2. The van der Waals surface area contributed by atoms with Crippen molar-refractivity contribution in [1.29, 1.82) is 0 Å². The van der Waals surface area contributed by atoms with Crippen LogP contribution in [0.2, 0.25) is 0 Å². The second-order valence-corrected chi connectivity index (χ2v) is 9.59. The minimum absolute atomic E-state index is 0.0450. The second-order valence-electron chi connectivity index (χ2n) is 8.53. The van der Waals surface area contributed by atoms with Gasteiger partial charge in [-0.2, -0.15) is 5.10 Å². The van der Waals surface area contributed by atoms with Gasteiger partial charge in [-0.05, 0) is 51.4 Å². The maximum atomic E-state index is 12.7. The van der Waals surface area contributed by atoms with Gasteiger partial charge in [-0.1, -0.05) is 18.2 Å². The predicted octanol–water partition coefficient (Wildman–Crippen LogP) is 3.59. The van der Waals surface area contributed by atoms with E-state index in [2.05, 4.69) is 24.0 Å². The lowest BCUT2D eigenvalue weighted by molar-refractivity contribution is -0.134. The summed E-state index contributed by atoms with van der Waals surface area (Å²) in [5, 5.41) is 21.9. The van der Waals surface area contributed by atoms with Crippen molar-refractivity contribution < 1.29 is 29.3 Å². The molecule has 2 N–H and O–H groups in total. The first kappa shape index (κ1) is 27.0. The van der Waals surface area contributed by atoms with Crippen molar-refractivity contribution in [2.24, 2.45) is 11.0 Å². The van der Waals surface area contributed by atoms with Gasteiger partial charge in [0.25, 0.3) is 0 Å². The van der Waals surface area contributed by atoms with Crippen LogP contribution in [0.4, 0.5) is 5.69 Å². The summed E-state index contributed by atoms with van der Waals surface area (Å²) in [5.41, 5.74) is 2.95. The Morgan fingerprint density at radius 2 is 1.78 bits per heavy atom. The summed E-state index contributed by atoms with van der Waals surface area (Å²) in [6.45, 7) is 2.74. The van der Waals surface area contributed by atoms with Gasteiger partial charge in [-0.25, -0.2) is 14.6 Å². The molecule has 0 fully saturated rings. The highest BCUT2D eigenvalue weighted by Gasteiger charge is 2.34. The molecule has 0 aromatic heterocycles. The number of fused-ring (bicyclic) bond motifs is 3. The van der Waals surface area contributed by atoms with E-state index in [1.807, 2.05) is 62.3 Å². The normalized spacial score (nSPS) is 17.4. The lowest BCUT2D eigenvalue weighted by Gasteiger charge is -2.33. The van der Waals surface area contributed by atoms with Gasteiger partial charge >= 0.3 is 11.9 Å². The number of anilines is 1. The molecule has 4 rings (SSSR count). The van der Waals surface area contributed by atoms with Crippen molar-refractivity contribution in [3.05, 3.63) is 66.2 Å². The van der Waals surface area contributed by atoms with Crippen molar-refractivity contribution in [3.63, 3.8) is 0 Å². The number of carboxylic acids is 2. The van der Waals surface area contributed by atoms with Crippen LogP contribution in [0.25, 0.3) is 0 Å². The molecule has 2 atom stereocenters. The number of hydrazone groups is 1. The van der Waals surface area contributed by atoms with E-state index >= 15 is 0 Å². The van der Waals surface area contributed by atoms with E-state index in [1.54, 1.807) is 5.01 Å². The number of carbonyl (C=O) groups excluding carboxylic acids is 1. The number of hydrogen-bond acceptors (Lipinski definition) is 7. The van der Waals surface area contributed by atoms with Gasteiger partial charge in [0.2, 0.25) is 5.91 Å². The van der Waals surface area contributed by atoms with Crippen molar-refractivity contribution in [3.8, 4) is 5.75 Å². The van der Waals surface area contributed by atoms with Gasteiger partial charge in [0.05, 0.1) is 11.4 Å². The zero-order valence-corrected chi connectivity index (χ0v) is 21.1. The third kappa shape index (κ3) is 7.19. The third-order valence-electron chi connectivity index (χ3n) is 5.68. The number of carboxylic acid groups (broad SMARTS) is 2. The minimum Gasteiger partial charge on any atom is -0.492 e. The van der Waals surface area contributed by atoms with Crippen LogP contribution in [0.1, 0.15) is 18.9 Å². The summed E-state index contributed by atoms with van der Waals surface area (Å²) in [5.74, 6) is -0.569. The van der Waals surface area contributed by atoms with Crippen LogP contribution in [-0.2, 0) is 14.4 Å². The topological polar surface area (TPSA) is 120 Å². The first-order chi connectivity index (χ1) is 17.2. The van der Waals surface area contributed by atoms with Crippen molar-refractivity contribution >= 4 is 41.0 Å². The largest absolute Gasteiger partial charge is 0.492 e. The molecule has 10 heteroatoms. The summed E-state index contributed by atoms with van der Waals surface area (Å²) in [6, 6.07) is 16.3. The molecule has 0 bridgehead atoms. The SMILES string of the molecule is CC(COc1ccc(N2N=C3c4ccccc4SCC3CC2=O)cc1)N(C)C.O=C(O)/C=C/C(=O)O. The van der Waals surface area contributed by atoms with E-state index in [4.69, 9.17) is 20.1 Å². The Balaban J connectivity index is 0.000000392. The first-order valence-electron chi connectivity index (χ1n) is 11.3. The Morgan fingerprint density at radius 3 is 2.39 bits per heavy atom. The molecular weight excluding hydrogens is 482 g/mol. The van der Waals surface area contributed by atoms with Crippen LogP contribution in [0.5, 0.6) is 5.75 Å². The number of nitrogens with zero attached hydrogens (tertiary/aromatic N) is 3. The number of hydrogen-bond donors (Lipinski definition) is 2. The lowest BCUT2D eigenvalue weighted by atomic mass is 9.93. The summed E-state index contributed by atoms with van der Waals surface area (Å²) >= 11 is 1.81. The lowest BCUT2D eigenvalue weighted by Crippen LogP contribution is -2.39. The molecule has 2 aliphatic heterocycles. The Hall–Kier alpha value is -3.63. The zero-order valence-electron chi connectivity index (χ0n) is 20.3. The van der Waals surface area contributed by atoms with Gasteiger partial charge in [0.15, 0.2) is 0 Å². The number of benzene rings is 2. The molecule has 0 radical (unpaired) electrons. The maximum absolute atomic E-state index is 12.7. The number of likely N-dealkylation sites (N-methyl/N-ethyl adjacent to an activating group) is 1. The smallest absolute Gasteiger partial charge is 0.328 e. The Bertz CT molecular complexity index is 1150. The summed E-state index contributed by atoms with van der Waals surface area (Å²) < 4.78 is 5.85. The number of rotatable bonds is 7. The fraction of sp³-hybridized carbons (Fsp3) is 0.308. The van der Waals surface area contributed by atoms with Crippen LogP contribution >= 0.6 is 11.8 Å². The molecule has 9 nitrogen and oxygen atoms in total. The van der Waals surface area contributed by atoms with E-state index in [1.165, 1.54) is 4.90 Å². The average Bonchev–Trinajstić information content (AvgIpc) is 2.86. The van der Waals surface area contributed by atoms with Gasteiger partial charge in [-0.3, -0.25) is 4.79 Å². The summed E-state index contributed by atoms with van der Waals surface area (Å²) in [6.07, 6.45) is 1.61. The number of thioether (sulfide) groups is 1. The quantitative estimate of drug-likeness (QED) is 0.541. The van der Waals surface area contributed by atoms with E-state index in [0.29, 0.717) is 31.2 Å². The van der Waals surface area contributed by atoms with Crippen LogP contribution in [0, 0.1) is 5.92 Å². The number of carbonyl (C=O) groups is 3. The van der Waals surface area contributed by atoms with E-state index in [0.717, 1.165) is 28.5 Å². The Kier molecular flexibility index (Phi) is 9.26. The van der Waals surface area contributed by atoms with E-state index < -0.39 is 11.9 Å². The van der Waals surface area contributed by atoms with E-state index in [9.17, 15) is 14.4 Å². The molecule has 0 saturated carbocycles. The van der Waals surface area contributed by atoms with Gasteiger partial charge in [-0.15, -0.1) is 11.8 Å². The van der Waals surface area contributed by atoms with Crippen LogP contribution < -0.4 is 9.75 Å². The molecule has 2 aromatic rings. The predicted molar refractivity (Wildman–Crippen MR) is 139 cm³/mol. The van der Waals surface area contributed by atoms with E-state index in [-0.39, 0.29) is 11.8 Å². The van der Waals surface area contributed by atoms with Crippen LogP contribution in [-0.4, -0.2) is 71.2 Å². The molecule has 0 spiro atoms. The molecule has 190 valence electrons. The summed E-state index contributed by atoms with van der Waals surface area (Å²) in [4.78, 5) is 35.2. The van der Waals surface area contributed by atoms with Gasteiger partial charge in [0, 0.05) is 46.7 Å². The molecule has 36 heavy (non-hydrogen) atoms. The average molecular weight is 512 g/mol. The molecule has 0 saturated heterocycles. The maximum Gasteiger partial charge on any atom is 0.328 e. The summed E-state index contributed by atoms with van der Waals surface area (Å²) in [7, 11) is 4.07. The third-order valence-corrected chi connectivity index (χ3v) is 6.91. The molecular formula is C26H29N3O6S. The minimum atomic E-state index is -1.26. The Labute approximate surface area is 214 Å². The fourth-order valence-electron chi connectivity index (χ4n) is 3.44. The molecule has 1 amide bonds. The van der Waals surface area contributed by atoms with Gasteiger partial charge < -0.3 is 19.8 Å². The fourth-order valence-corrected chi connectivity index (χ4v) is 4.60. The highest BCUT2D eigenvalue weighted by molar-refractivity contribution is 7.99. The number of amides is 1. The molecule has 0 aliphatic carbocycles. The highest BCUT2D eigenvalue weighted by Crippen LogP contribution is 2.37. The highest BCUT2D eigenvalue weighted by atomic mass is 32.2. The van der Waals surface area contributed by atoms with Crippen molar-refractivity contribution in [2.45, 2.75) is 24.3 Å². The molecule has 2 aromatic carbocycles. The van der Waals surface area contributed by atoms with Crippen LogP contribution in [0.15, 0.2) is 70.7 Å². The Morgan fingerprint density at radius 1 is 1.14 bits per heavy atom. The molecule has 2 aliphatic rings. The molecule has 2 heterocycles. The monoisotopic (exact) mass is 511 g/mol. The first-order valence-corrected chi connectivity index (χ1v) is 12.3. The molecule has 2 unspecified atom stereocenters. The standard InChI is InChI=1S/C22H25N3O2S.C4H4O4/c1-15(24(2)3)13-27-18-10-8-17(9-11-18)25-21(26)12-16-14-28-20-7-5-4-6-19(20)22(16)23-25;5-3(6)1-2-4(7)8/h4-11,15-16H,12-14H2,1-3H3;1-2H,(H,5,6)(H,7,8)/b;2-1+. The van der Waals surface area contributed by atoms with Crippen molar-refractivity contribution in [1.82, 2.24) is 4.90 Å². The zero-order chi connectivity index (χ0) is 26.2.